The molecule has 0 fully saturated rings. The molecule has 0 spiro atoms. The second-order valence-corrected chi connectivity index (χ2v) is 12.0. The highest BCUT2D eigenvalue weighted by Gasteiger charge is 2.24. The second-order valence-electron chi connectivity index (χ2n) is 9.38. The predicted molar refractivity (Wildman–Crippen MR) is 166 cm³/mol. The number of phenols is 1. The number of benzene rings is 2. The number of alkyl carbamates (subject to hydrolysis) is 1. The minimum Gasteiger partial charge on any atom is -0.508 e. The lowest BCUT2D eigenvalue weighted by Gasteiger charge is -2.19. The average molecular weight is 666 g/mol. The number of aliphatic carboxylic acids is 2. The number of rotatable bonds is 19. The number of nitrogens with two attached hydrogens (primary N) is 1. The molecular weight excluding hydrogens is 630 g/mol. The van der Waals surface area contributed by atoms with Gasteiger partial charge in [-0.15, -0.1) is 0 Å². The van der Waals surface area contributed by atoms with Crippen molar-refractivity contribution in [3.8, 4) is 5.75 Å². The van der Waals surface area contributed by atoms with E-state index in [0.29, 0.717) is 5.56 Å². The van der Waals surface area contributed by atoms with Gasteiger partial charge in [-0.25, -0.2) is 4.79 Å². The summed E-state index contributed by atoms with van der Waals surface area (Å²) in [5.41, 5.74) is 6.83. The molecule has 0 aliphatic rings. The van der Waals surface area contributed by atoms with Crippen molar-refractivity contribution in [1.29, 1.82) is 0 Å². The quantitative estimate of drug-likeness (QED) is 0.0581. The standard InChI is InChI=1S/C28H35N5O10S2/c29-20(27(40)41)10-11-22(35)33-26(25(39)31-15-23(36)37)45-44-13-12-30-24(38)21(14-17-6-8-19(34)9-7-17)32-28(42)43-16-18-4-2-1-3-5-18/h1-9,20-21,26,34H,10-16,29H2,(H,30,38)(H,31,39)(H,32,42)(H,33,35)(H,36,37)(H,40,41)/t20-,21?,26?/m0/s1. The highest BCUT2D eigenvalue weighted by atomic mass is 33.1. The molecule has 0 aromatic heterocycles. The largest absolute Gasteiger partial charge is 0.508 e. The van der Waals surface area contributed by atoms with E-state index >= 15 is 0 Å². The van der Waals surface area contributed by atoms with E-state index in [0.717, 1.165) is 27.2 Å². The first-order chi connectivity index (χ1) is 21.4. The Hall–Kier alpha value is -4.48. The van der Waals surface area contributed by atoms with Gasteiger partial charge in [-0.05, 0) is 29.7 Å². The average Bonchev–Trinajstić information content (AvgIpc) is 3.01. The van der Waals surface area contributed by atoms with Crippen molar-refractivity contribution in [2.45, 2.75) is 43.3 Å². The van der Waals surface area contributed by atoms with Crippen molar-refractivity contribution in [3.05, 3.63) is 65.7 Å². The van der Waals surface area contributed by atoms with Crippen LogP contribution in [0.3, 0.4) is 0 Å². The maximum Gasteiger partial charge on any atom is 0.408 e. The summed E-state index contributed by atoms with van der Waals surface area (Å²) >= 11 is 0. The van der Waals surface area contributed by atoms with Crippen molar-refractivity contribution in [2.24, 2.45) is 5.73 Å². The minimum atomic E-state index is -1.29. The summed E-state index contributed by atoms with van der Waals surface area (Å²) < 4.78 is 5.24. The van der Waals surface area contributed by atoms with Crippen molar-refractivity contribution < 1.29 is 48.8 Å². The molecule has 17 heteroatoms. The molecule has 4 amide bonds. The molecule has 45 heavy (non-hydrogen) atoms. The maximum atomic E-state index is 13.0. The van der Waals surface area contributed by atoms with Crippen LogP contribution in [0.15, 0.2) is 54.6 Å². The lowest BCUT2D eigenvalue weighted by Crippen LogP contribution is -2.48. The van der Waals surface area contributed by atoms with Gasteiger partial charge in [0.2, 0.25) is 11.8 Å². The van der Waals surface area contributed by atoms with Gasteiger partial charge in [-0.2, -0.15) is 0 Å². The van der Waals surface area contributed by atoms with Crippen LogP contribution < -0.4 is 27.0 Å². The number of phenolic OH excluding ortho intramolecular Hbond substituents is 1. The van der Waals surface area contributed by atoms with E-state index < -0.39 is 59.8 Å². The smallest absolute Gasteiger partial charge is 0.408 e. The Labute approximate surface area is 266 Å². The summed E-state index contributed by atoms with van der Waals surface area (Å²) in [5, 5.41) is 35.9. The van der Waals surface area contributed by atoms with E-state index in [-0.39, 0.29) is 43.9 Å². The molecular formula is C28H35N5O10S2. The summed E-state index contributed by atoms with van der Waals surface area (Å²) in [4.78, 5) is 71.9. The molecule has 3 atom stereocenters. The molecule has 0 bridgehead atoms. The molecule has 0 saturated carbocycles. The molecule has 0 saturated heterocycles. The Morgan fingerprint density at radius 1 is 0.867 bits per heavy atom. The lowest BCUT2D eigenvalue weighted by atomic mass is 10.1. The van der Waals surface area contributed by atoms with E-state index in [1.807, 2.05) is 6.07 Å². The number of amides is 4. The summed E-state index contributed by atoms with van der Waals surface area (Å²) in [5.74, 6) is -4.27. The van der Waals surface area contributed by atoms with Crippen molar-refractivity contribution in [2.75, 3.05) is 18.8 Å². The molecule has 2 rings (SSSR count). The van der Waals surface area contributed by atoms with E-state index in [2.05, 4.69) is 21.3 Å². The Balaban J connectivity index is 1.92. The van der Waals surface area contributed by atoms with Gasteiger partial charge in [-0.1, -0.05) is 64.1 Å². The summed E-state index contributed by atoms with van der Waals surface area (Å²) in [6, 6.07) is 12.8. The molecule has 9 N–H and O–H groups in total. The summed E-state index contributed by atoms with van der Waals surface area (Å²) in [7, 11) is 1.99. The highest BCUT2D eigenvalue weighted by molar-refractivity contribution is 8.77. The maximum absolute atomic E-state index is 13.0. The van der Waals surface area contributed by atoms with Gasteiger partial charge in [0.15, 0.2) is 5.37 Å². The van der Waals surface area contributed by atoms with Gasteiger partial charge in [0.25, 0.3) is 5.91 Å². The Morgan fingerprint density at radius 2 is 1.56 bits per heavy atom. The topological polar surface area (TPSA) is 246 Å². The molecule has 0 aliphatic carbocycles. The fourth-order valence-electron chi connectivity index (χ4n) is 3.46. The second kappa shape index (κ2) is 19.7. The van der Waals surface area contributed by atoms with Crippen LogP contribution in [0.5, 0.6) is 5.75 Å². The van der Waals surface area contributed by atoms with Crippen LogP contribution in [0, 0.1) is 0 Å². The first-order valence-corrected chi connectivity index (χ1v) is 15.9. The Bertz CT molecular complexity index is 1300. The van der Waals surface area contributed by atoms with Crippen LogP contribution >= 0.6 is 21.6 Å². The van der Waals surface area contributed by atoms with Crippen LogP contribution in [0.1, 0.15) is 24.0 Å². The molecule has 2 unspecified atom stereocenters. The van der Waals surface area contributed by atoms with E-state index in [9.17, 15) is 33.9 Å². The zero-order chi connectivity index (χ0) is 33.2. The number of carboxylic acid groups (broad SMARTS) is 2. The highest BCUT2D eigenvalue weighted by Crippen LogP contribution is 2.25. The molecule has 0 aliphatic heterocycles. The Kier molecular flexibility index (Phi) is 16.1. The SMILES string of the molecule is N[C@@H](CCC(=O)NC(SSCCNC(=O)C(Cc1ccc(O)cc1)NC(=O)OCc1ccccc1)C(=O)NCC(=O)O)C(=O)O. The van der Waals surface area contributed by atoms with Crippen molar-refractivity contribution in [1.82, 2.24) is 21.3 Å². The lowest BCUT2D eigenvalue weighted by molar-refractivity contribution is -0.139. The van der Waals surface area contributed by atoms with E-state index in [4.69, 9.17) is 20.7 Å². The van der Waals surface area contributed by atoms with E-state index in [1.54, 1.807) is 36.4 Å². The van der Waals surface area contributed by atoms with Gasteiger partial charge < -0.3 is 47.1 Å². The third kappa shape index (κ3) is 15.2. The molecule has 15 nitrogen and oxygen atoms in total. The van der Waals surface area contributed by atoms with E-state index in [1.165, 1.54) is 12.1 Å². The van der Waals surface area contributed by atoms with Gasteiger partial charge in [0.1, 0.15) is 31.0 Å². The van der Waals surface area contributed by atoms with Crippen LogP contribution in [-0.2, 0) is 41.7 Å². The number of nitrogens with one attached hydrogen (secondary N) is 4. The van der Waals surface area contributed by atoms with Gasteiger partial charge in [0, 0.05) is 25.1 Å². The number of carbonyl (C=O) groups is 6. The monoisotopic (exact) mass is 665 g/mol. The van der Waals surface area contributed by atoms with Crippen LogP contribution in [0.25, 0.3) is 0 Å². The van der Waals surface area contributed by atoms with Crippen molar-refractivity contribution >= 4 is 57.3 Å². The zero-order valence-electron chi connectivity index (χ0n) is 24.0. The molecule has 2 aromatic carbocycles. The van der Waals surface area contributed by atoms with Crippen LogP contribution in [-0.4, -0.2) is 87.4 Å². The van der Waals surface area contributed by atoms with Crippen molar-refractivity contribution in [3.63, 3.8) is 0 Å². The number of hydrogen-bond donors (Lipinski definition) is 8. The van der Waals surface area contributed by atoms with Gasteiger partial charge in [0.05, 0.1) is 0 Å². The number of ether oxygens (including phenoxy) is 1. The third-order valence-electron chi connectivity index (χ3n) is 5.79. The van der Waals surface area contributed by atoms with Crippen LogP contribution in [0.4, 0.5) is 4.79 Å². The number of aromatic hydroxyl groups is 1. The molecule has 0 radical (unpaired) electrons. The third-order valence-corrected chi connectivity index (χ3v) is 8.31. The fourth-order valence-corrected chi connectivity index (χ4v) is 5.58. The first-order valence-electron chi connectivity index (χ1n) is 13.5. The summed E-state index contributed by atoms with van der Waals surface area (Å²) in [6.07, 6.45) is -1.16. The fraction of sp³-hybridized carbons (Fsp3) is 0.357. The Morgan fingerprint density at radius 3 is 2.20 bits per heavy atom. The minimum absolute atomic E-state index is 0.00179. The molecule has 244 valence electrons. The number of hydrogen-bond acceptors (Lipinski definition) is 11. The number of carboxylic acids is 2. The van der Waals surface area contributed by atoms with Crippen LogP contribution in [0.2, 0.25) is 0 Å². The summed E-state index contributed by atoms with van der Waals surface area (Å²) in [6.45, 7) is -0.591. The van der Waals surface area contributed by atoms with Gasteiger partial charge in [-0.3, -0.25) is 24.0 Å². The first kappa shape index (κ1) is 36.7. The normalized spacial score (nSPS) is 12.6. The molecule has 2 aromatic rings. The predicted octanol–water partition coefficient (Wildman–Crippen LogP) is 0.563. The molecule has 0 heterocycles. The zero-order valence-corrected chi connectivity index (χ0v) is 25.6. The number of carbonyl (C=O) groups excluding carboxylic acids is 4. The van der Waals surface area contributed by atoms with Gasteiger partial charge >= 0.3 is 18.0 Å².